The molecular formula is C12H26N2O4S. The quantitative estimate of drug-likeness (QED) is 0.671. The number of nitrogens with zero attached hydrogens (tertiary/aromatic N) is 1. The van der Waals surface area contributed by atoms with Crippen LogP contribution >= 0.6 is 0 Å². The Morgan fingerprint density at radius 3 is 2.16 bits per heavy atom. The van der Waals surface area contributed by atoms with Crippen LogP contribution in [0.3, 0.4) is 0 Å². The summed E-state index contributed by atoms with van der Waals surface area (Å²) in [5.74, 6) is -0.758. The third-order valence-corrected chi connectivity index (χ3v) is 4.64. The van der Waals surface area contributed by atoms with E-state index >= 15 is 0 Å². The second-order valence-corrected chi connectivity index (χ2v) is 7.37. The Hall–Kier alpha value is -0.660. The minimum atomic E-state index is -3.54. The standard InChI is InChI=1S/C12H26N2O4S/c1-9(2)6-11(7-12(15)16)8-13-19(17,18)14(5)10(3)4/h9-11,13H,6-8H2,1-5H3,(H,15,16)/t11-/m0/s1. The number of nitrogens with one attached hydrogen (secondary N) is 1. The van der Waals surface area contributed by atoms with Crippen LogP contribution in [0, 0.1) is 11.8 Å². The molecule has 0 aliphatic carbocycles. The van der Waals surface area contributed by atoms with Crippen molar-refractivity contribution in [3.05, 3.63) is 0 Å². The molecule has 0 aromatic carbocycles. The van der Waals surface area contributed by atoms with Gasteiger partial charge in [0.05, 0.1) is 0 Å². The van der Waals surface area contributed by atoms with E-state index in [1.165, 1.54) is 11.4 Å². The normalized spacial score (nSPS) is 14.3. The summed E-state index contributed by atoms with van der Waals surface area (Å²) in [7, 11) is -2.03. The molecule has 0 radical (unpaired) electrons. The van der Waals surface area contributed by atoms with E-state index < -0.39 is 16.2 Å². The Kier molecular flexibility index (Phi) is 7.54. The number of carboxylic acid groups (broad SMARTS) is 1. The average molecular weight is 294 g/mol. The van der Waals surface area contributed by atoms with Crippen molar-refractivity contribution in [2.75, 3.05) is 13.6 Å². The van der Waals surface area contributed by atoms with Crippen LogP contribution < -0.4 is 4.72 Å². The van der Waals surface area contributed by atoms with Crippen LogP contribution in [0.5, 0.6) is 0 Å². The molecule has 114 valence electrons. The van der Waals surface area contributed by atoms with Gasteiger partial charge in [-0.25, -0.2) is 4.72 Å². The molecule has 0 saturated carbocycles. The van der Waals surface area contributed by atoms with Gasteiger partial charge in [0, 0.05) is 26.1 Å². The van der Waals surface area contributed by atoms with Crippen molar-refractivity contribution >= 4 is 16.2 Å². The second-order valence-electron chi connectivity index (χ2n) is 5.56. The first kappa shape index (κ1) is 18.3. The first-order valence-corrected chi connectivity index (χ1v) is 7.94. The zero-order valence-corrected chi connectivity index (χ0v) is 13.2. The van der Waals surface area contributed by atoms with Crippen molar-refractivity contribution in [1.29, 1.82) is 0 Å². The molecule has 1 atom stereocenters. The molecule has 0 amide bonds. The highest BCUT2D eigenvalue weighted by Crippen LogP contribution is 2.15. The Labute approximate surface area is 116 Å². The number of carbonyl (C=O) groups is 1. The molecule has 0 heterocycles. The van der Waals surface area contributed by atoms with E-state index in [-0.39, 0.29) is 24.9 Å². The third kappa shape index (κ3) is 7.49. The van der Waals surface area contributed by atoms with Gasteiger partial charge < -0.3 is 5.11 Å². The lowest BCUT2D eigenvalue weighted by Crippen LogP contribution is -2.43. The van der Waals surface area contributed by atoms with Gasteiger partial charge in [0.15, 0.2) is 0 Å². The maximum atomic E-state index is 11.9. The molecule has 19 heavy (non-hydrogen) atoms. The van der Waals surface area contributed by atoms with Gasteiger partial charge in [-0.05, 0) is 32.1 Å². The largest absolute Gasteiger partial charge is 0.481 e. The lowest BCUT2D eigenvalue weighted by Gasteiger charge is -2.23. The van der Waals surface area contributed by atoms with Crippen LogP contribution in [0.15, 0.2) is 0 Å². The van der Waals surface area contributed by atoms with Crippen LogP contribution in [-0.4, -0.2) is 43.4 Å². The summed E-state index contributed by atoms with van der Waals surface area (Å²) in [5.41, 5.74) is 0. The van der Waals surface area contributed by atoms with Crippen molar-refractivity contribution in [2.45, 2.75) is 46.6 Å². The Bertz CT molecular complexity index is 379. The predicted molar refractivity (Wildman–Crippen MR) is 75.0 cm³/mol. The Morgan fingerprint density at radius 2 is 1.79 bits per heavy atom. The minimum absolute atomic E-state index is 0.0217. The average Bonchev–Trinajstić information content (AvgIpc) is 2.23. The topological polar surface area (TPSA) is 86.7 Å². The van der Waals surface area contributed by atoms with Gasteiger partial charge in [-0.2, -0.15) is 12.7 Å². The summed E-state index contributed by atoms with van der Waals surface area (Å²) < 4.78 is 27.6. The summed E-state index contributed by atoms with van der Waals surface area (Å²) in [6.45, 7) is 7.70. The van der Waals surface area contributed by atoms with Gasteiger partial charge in [0.1, 0.15) is 0 Å². The monoisotopic (exact) mass is 294 g/mol. The van der Waals surface area contributed by atoms with Crippen molar-refractivity contribution in [3.8, 4) is 0 Å². The predicted octanol–water partition coefficient (Wildman–Crippen LogP) is 1.30. The van der Waals surface area contributed by atoms with Crippen LogP contribution in [0.2, 0.25) is 0 Å². The molecule has 0 aromatic heterocycles. The summed E-state index contributed by atoms with van der Waals surface area (Å²) in [4.78, 5) is 10.8. The fraction of sp³-hybridized carbons (Fsp3) is 0.917. The number of hydrogen-bond donors (Lipinski definition) is 2. The molecule has 0 aromatic rings. The third-order valence-electron chi connectivity index (χ3n) is 2.93. The molecule has 0 bridgehead atoms. The number of carboxylic acids is 1. The smallest absolute Gasteiger partial charge is 0.303 e. The zero-order valence-electron chi connectivity index (χ0n) is 12.4. The molecular weight excluding hydrogens is 268 g/mol. The van der Waals surface area contributed by atoms with E-state index in [0.717, 1.165) is 0 Å². The van der Waals surface area contributed by atoms with Gasteiger partial charge in [0.25, 0.3) is 10.2 Å². The second kappa shape index (κ2) is 7.81. The lowest BCUT2D eigenvalue weighted by atomic mass is 9.94. The van der Waals surface area contributed by atoms with Crippen LogP contribution in [0.4, 0.5) is 0 Å². The van der Waals surface area contributed by atoms with Crippen molar-refractivity contribution in [2.24, 2.45) is 11.8 Å². The van der Waals surface area contributed by atoms with E-state index in [1.54, 1.807) is 13.8 Å². The zero-order chi connectivity index (χ0) is 15.2. The summed E-state index contributed by atoms with van der Waals surface area (Å²) in [5, 5.41) is 8.84. The molecule has 0 aliphatic heterocycles. The van der Waals surface area contributed by atoms with E-state index in [0.29, 0.717) is 12.3 Å². The molecule has 0 saturated heterocycles. The first-order chi connectivity index (χ1) is 8.56. The Balaban J connectivity index is 4.57. The van der Waals surface area contributed by atoms with E-state index in [2.05, 4.69) is 4.72 Å². The van der Waals surface area contributed by atoms with Gasteiger partial charge in [0.2, 0.25) is 0 Å². The molecule has 2 N–H and O–H groups in total. The molecule has 0 fully saturated rings. The number of hydrogen-bond acceptors (Lipinski definition) is 3. The molecule has 0 spiro atoms. The fourth-order valence-corrected chi connectivity index (χ4v) is 2.96. The van der Waals surface area contributed by atoms with Gasteiger partial charge in [-0.1, -0.05) is 13.8 Å². The molecule has 0 rings (SSSR count). The highest BCUT2D eigenvalue weighted by atomic mass is 32.2. The lowest BCUT2D eigenvalue weighted by molar-refractivity contribution is -0.138. The molecule has 6 nitrogen and oxygen atoms in total. The highest BCUT2D eigenvalue weighted by molar-refractivity contribution is 7.87. The number of aliphatic carboxylic acids is 1. The van der Waals surface area contributed by atoms with Crippen LogP contribution in [0.25, 0.3) is 0 Å². The van der Waals surface area contributed by atoms with Crippen molar-refractivity contribution < 1.29 is 18.3 Å². The van der Waals surface area contributed by atoms with E-state index in [9.17, 15) is 13.2 Å². The van der Waals surface area contributed by atoms with Gasteiger partial charge >= 0.3 is 5.97 Å². The van der Waals surface area contributed by atoms with Crippen LogP contribution in [0.1, 0.15) is 40.5 Å². The summed E-state index contributed by atoms with van der Waals surface area (Å²) in [6, 6.07) is -0.138. The number of rotatable bonds is 9. The first-order valence-electron chi connectivity index (χ1n) is 6.50. The van der Waals surface area contributed by atoms with Gasteiger partial charge in [-0.3, -0.25) is 4.79 Å². The maximum Gasteiger partial charge on any atom is 0.303 e. The molecule has 0 aliphatic rings. The van der Waals surface area contributed by atoms with Gasteiger partial charge in [-0.15, -0.1) is 0 Å². The SMILES string of the molecule is CC(C)C[C@H](CNS(=O)(=O)N(C)C(C)C)CC(=O)O. The van der Waals surface area contributed by atoms with E-state index in [4.69, 9.17) is 5.11 Å². The summed E-state index contributed by atoms with van der Waals surface area (Å²) in [6.07, 6.45) is 0.659. The molecule has 0 unspecified atom stereocenters. The Morgan fingerprint density at radius 1 is 1.26 bits per heavy atom. The maximum absolute atomic E-state index is 11.9. The summed E-state index contributed by atoms with van der Waals surface area (Å²) >= 11 is 0. The molecule has 7 heteroatoms. The van der Waals surface area contributed by atoms with Crippen LogP contribution in [-0.2, 0) is 15.0 Å². The minimum Gasteiger partial charge on any atom is -0.481 e. The fourth-order valence-electron chi connectivity index (χ4n) is 1.75. The van der Waals surface area contributed by atoms with Crippen molar-refractivity contribution in [3.63, 3.8) is 0 Å². The highest BCUT2D eigenvalue weighted by Gasteiger charge is 2.23. The van der Waals surface area contributed by atoms with Crippen molar-refractivity contribution in [1.82, 2.24) is 9.03 Å². The van der Waals surface area contributed by atoms with E-state index in [1.807, 2.05) is 13.8 Å².